The topological polar surface area (TPSA) is 81.4 Å². The summed E-state index contributed by atoms with van der Waals surface area (Å²) in [5.41, 5.74) is 0.444. The van der Waals surface area contributed by atoms with Crippen molar-refractivity contribution in [2.75, 3.05) is 11.4 Å². The number of hydrogen-bond acceptors (Lipinski definition) is 3. The van der Waals surface area contributed by atoms with Crippen LogP contribution in [0.5, 0.6) is 0 Å². The van der Waals surface area contributed by atoms with Crippen LogP contribution in [0.25, 0.3) is 0 Å². The van der Waals surface area contributed by atoms with Gasteiger partial charge in [0.25, 0.3) is 5.91 Å². The number of benzene rings is 1. The second kappa shape index (κ2) is 7.19. The Balaban J connectivity index is 3.02. The van der Waals surface area contributed by atoms with Crippen LogP contribution < -0.4 is 4.90 Å². The van der Waals surface area contributed by atoms with Gasteiger partial charge >= 0.3 is 5.97 Å². The molecule has 0 unspecified atom stereocenters. The summed E-state index contributed by atoms with van der Waals surface area (Å²) in [5, 5.41) is 17.5. The summed E-state index contributed by atoms with van der Waals surface area (Å²) in [6.07, 6.45) is 1.81. The van der Waals surface area contributed by atoms with E-state index in [1.165, 1.54) is 4.90 Å². The lowest BCUT2D eigenvalue weighted by Crippen LogP contribution is -2.30. The summed E-state index contributed by atoms with van der Waals surface area (Å²) in [6, 6.07) is 8.59. The van der Waals surface area contributed by atoms with E-state index in [1.807, 2.05) is 6.07 Å². The number of rotatable bonds is 5. The number of nitriles is 1. The molecule has 1 amide bonds. The highest BCUT2D eigenvalue weighted by molar-refractivity contribution is 6.34. The molecule has 0 saturated carbocycles. The molecule has 0 spiro atoms. The van der Waals surface area contributed by atoms with Crippen molar-refractivity contribution in [1.29, 1.82) is 5.26 Å². The maximum Gasteiger partial charge on any atom is 0.328 e. The third kappa shape index (κ3) is 4.45. The van der Waals surface area contributed by atoms with Crippen LogP contribution >= 0.6 is 11.6 Å². The molecule has 98 valence electrons. The first-order valence-electron chi connectivity index (χ1n) is 5.40. The quantitative estimate of drug-likeness (QED) is 0.837. The minimum atomic E-state index is -1.22. The Morgan fingerprint density at radius 1 is 1.37 bits per heavy atom. The molecule has 0 bridgehead atoms. The van der Waals surface area contributed by atoms with Gasteiger partial charge in [-0.15, -0.1) is 0 Å². The van der Waals surface area contributed by atoms with E-state index in [4.69, 9.17) is 22.0 Å². The molecule has 0 aromatic heterocycles. The van der Waals surface area contributed by atoms with Gasteiger partial charge in [0.1, 0.15) is 0 Å². The van der Waals surface area contributed by atoms with E-state index in [1.54, 1.807) is 24.3 Å². The Morgan fingerprint density at radius 3 is 2.63 bits per heavy atom. The Hall–Kier alpha value is -2.32. The van der Waals surface area contributed by atoms with Crippen LogP contribution in [0.2, 0.25) is 5.02 Å². The van der Waals surface area contributed by atoms with E-state index in [2.05, 4.69) is 0 Å². The highest BCUT2D eigenvalue weighted by atomic mass is 35.5. The van der Waals surface area contributed by atoms with Crippen molar-refractivity contribution in [2.24, 2.45) is 0 Å². The molecular formula is C13H11ClN2O3. The Morgan fingerprint density at radius 2 is 2.05 bits per heavy atom. The molecule has 1 aromatic carbocycles. The number of anilines is 1. The lowest BCUT2D eigenvalue weighted by Gasteiger charge is -2.21. The molecule has 0 aliphatic carbocycles. The number of amides is 1. The standard InChI is InChI=1S/C13H11ClN2O3/c14-10-4-1-2-5-11(10)16(9-3-8-15)12(17)6-7-13(18)19/h1-2,4-7H,3,9H2,(H,18,19)/b7-6-. The number of carboxylic acids is 1. The number of carbonyl (C=O) groups is 2. The van der Waals surface area contributed by atoms with Crippen LogP contribution in [0.3, 0.4) is 0 Å². The average Bonchev–Trinajstić information content (AvgIpc) is 2.38. The molecule has 1 N–H and O–H groups in total. The minimum Gasteiger partial charge on any atom is -0.478 e. The normalized spacial score (nSPS) is 10.1. The summed E-state index contributed by atoms with van der Waals surface area (Å²) < 4.78 is 0. The monoisotopic (exact) mass is 278 g/mol. The summed E-state index contributed by atoms with van der Waals surface area (Å²) >= 11 is 5.99. The van der Waals surface area contributed by atoms with Crippen LogP contribution in [0.4, 0.5) is 5.69 Å². The van der Waals surface area contributed by atoms with Crippen LogP contribution in [-0.4, -0.2) is 23.5 Å². The number of aliphatic carboxylic acids is 1. The average molecular weight is 279 g/mol. The van der Waals surface area contributed by atoms with Crippen molar-refractivity contribution in [3.63, 3.8) is 0 Å². The van der Waals surface area contributed by atoms with E-state index < -0.39 is 11.9 Å². The van der Waals surface area contributed by atoms with Gasteiger partial charge < -0.3 is 10.0 Å². The maximum absolute atomic E-state index is 11.9. The lowest BCUT2D eigenvalue weighted by molar-refractivity contribution is -0.131. The predicted molar refractivity (Wildman–Crippen MR) is 70.8 cm³/mol. The van der Waals surface area contributed by atoms with Crippen molar-refractivity contribution in [3.05, 3.63) is 41.4 Å². The predicted octanol–water partition coefficient (Wildman–Crippen LogP) is 2.23. The summed E-state index contributed by atoms with van der Waals surface area (Å²) in [4.78, 5) is 23.6. The second-order valence-electron chi connectivity index (χ2n) is 3.52. The molecule has 6 heteroatoms. The number of hydrogen-bond donors (Lipinski definition) is 1. The van der Waals surface area contributed by atoms with Crippen LogP contribution in [-0.2, 0) is 9.59 Å². The molecule has 19 heavy (non-hydrogen) atoms. The zero-order chi connectivity index (χ0) is 14.3. The first-order valence-corrected chi connectivity index (χ1v) is 5.78. The van der Waals surface area contributed by atoms with Gasteiger partial charge in [0.15, 0.2) is 0 Å². The summed E-state index contributed by atoms with van der Waals surface area (Å²) in [5.74, 6) is -1.75. The number of carboxylic acid groups (broad SMARTS) is 1. The molecule has 1 rings (SSSR count). The highest BCUT2D eigenvalue weighted by Crippen LogP contribution is 2.25. The molecule has 5 nitrogen and oxygen atoms in total. The fourth-order valence-corrected chi connectivity index (χ4v) is 1.65. The number of carbonyl (C=O) groups excluding carboxylic acids is 1. The van der Waals surface area contributed by atoms with E-state index in [0.29, 0.717) is 10.7 Å². The summed E-state index contributed by atoms with van der Waals surface area (Å²) in [6.45, 7) is 0.142. The zero-order valence-electron chi connectivity index (χ0n) is 9.91. The van der Waals surface area contributed by atoms with Gasteiger partial charge in [0.05, 0.1) is 23.2 Å². The first-order chi connectivity index (χ1) is 9.06. The second-order valence-corrected chi connectivity index (χ2v) is 3.93. The fraction of sp³-hybridized carbons (Fsp3) is 0.154. The fourth-order valence-electron chi connectivity index (χ4n) is 1.41. The van der Waals surface area contributed by atoms with Crippen molar-refractivity contribution in [1.82, 2.24) is 0 Å². The Bertz CT molecular complexity index is 549. The molecule has 0 heterocycles. The van der Waals surface area contributed by atoms with Crippen molar-refractivity contribution in [3.8, 4) is 6.07 Å². The summed E-state index contributed by atoms with van der Waals surface area (Å²) in [7, 11) is 0. The van der Waals surface area contributed by atoms with Crippen LogP contribution in [0.1, 0.15) is 6.42 Å². The third-order valence-corrected chi connectivity index (χ3v) is 2.54. The molecule has 1 aromatic rings. The van der Waals surface area contributed by atoms with Crippen LogP contribution in [0, 0.1) is 11.3 Å². The lowest BCUT2D eigenvalue weighted by atomic mass is 10.2. The largest absolute Gasteiger partial charge is 0.478 e. The van der Waals surface area contributed by atoms with Gasteiger partial charge in [-0.2, -0.15) is 5.26 Å². The molecule has 0 atom stereocenters. The molecule has 0 aliphatic rings. The van der Waals surface area contributed by atoms with Gasteiger partial charge in [-0.05, 0) is 12.1 Å². The van der Waals surface area contributed by atoms with Gasteiger partial charge in [0, 0.05) is 18.7 Å². The first kappa shape index (κ1) is 14.7. The van der Waals surface area contributed by atoms with Crippen molar-refractivity contribution < 1.29 is 14.7 Å². The molecule has 0 aliphatic heterocycles. The number of para-hydroxylation sites is 1. The van der Waals surface area contributed by atoms with Gasteiger partial charge in [-0.3, -0.25) is 4.79 Å². The van der Waals surface area contributed by atoms with Crippen LogP contribution in [0.15, 0.2) is 36.4 Å². The molecule has 0 radical (unpaired) electrons. The SMILES string of the molecule is N#CCCN(C(=O)/C=C\C(=O)O)c1ccccc1Cl. The number of halogens is 1. The van der Waals surface area contributed by atoms with Gasteiger partial charge in [0.2, 0.25) is 0 Å². The van der Waals surface area contributed by atoms with Gasteiger partial charge in [-0.25, -0.2) is 4.79 Å². The van der Waals surface area contributed by atoms with Gasteiger partial charge in [-0.1, -0.05) is 23.7 Å². The van der Waals surface area contributed by atoms with Crippen molar-refractivity contribution in [2.45, 2.75) is 6.42 Å². The molecule has 0 fully saturated rings. The highest BCUT2D eigenvalue weighted by Gasteiger charge is 2.15. The third-order valence-electron chi connectivity index (χ3n) is 2.22. The smallest absolute Gasteiger partial charge is 0.328 e. The van der Waals surface area contributed by atoms with E-state index in [9.17, 15) is 9.59 Å². The number of nitrogens with zero attached hydrogens (tertiary/aromatic N) is 2. The van der Waals surface area contributed by atoms with E-state index in [-0.39, 0.29) is 13.0 Å². The maximum atomic E-state index is 11.9. The Labute approximate surface area is 115 Å². The van der Waals surface area contributed by atoms with E-state index >= 15 is 0 Å². The van der Waals surface area contributed by atoms with E-state index in [0.717, 1.165) is 12.2 Å². The zero-order valence-corrected chi connectivity index (χ0v) is 10.7. The molecule has 0 saturated heterocycles. The Kier molecular flexibility index (Phi) is 5.58. The minimum absolute atomic E-state index is 0.123. The molecular weight excluding hydrogens is 268 g/mol. The van der Waals surface area contributed by atoms with Crippen molar-refractivity contribution >= 4 is 29.2 Å².